The summed E-state index contributed by atoms with van der Waals surface area (Å²) in [6.45, 7) is 9.03. The Labute approximate surface area is 197 Å². The summed E-state index contributed by atoms with van der Waals surface area (Å²) < 4.78 is 8.32. The summed E-state index contributed by atoms with van der Waals surface area (Å²) in [5.41, 5.74) is 3.71. The van der Waals surface area contributed by atoms with Gasteiger partial charge in [-0.3, -0.25) is 4.79 Å². The first-order chi connectivity index (χ1) is 15.9. The van der Waals surface area contributed by atoms with Crippen molar-refractivity contribution in [1.82, 2.24) is 14.9 Å². The van der Waals surface area contributed by atoms with Gasteiger partial charge < -0.3 is 14.6 Å². The number of hydrogen-bond donors (Lipinski definition) is 1. The van der Waals surface area contributed by atoms with Crippen molar-refractivity contribution in [3.8, 4) is 5.75 Å². The molecule has 0 radical (unpaired) electrons. The van der Waals surface area contributed by atoms with Crippen LogP contribution in [0.5, 0.6) is 5.75 Å². The standard InChI is InChI=1S/C28H37N3O2/c1-28(2,3)22-14-16-23(17-15-22)33-20-7-6-19-31-25-10-5-4-9-24(25)30-26(31)11-8-18-29-27(32)21-12-13-21/h4-5,9-10,14-17,21H,6-8,11-13,18-20H2,1-3H3,(H,29,32). The number of rotatable bonds is 11. The molecule has 33 heavy (non-hydrogen) atoms. The van der Waals surface area contributed by atoms with Gasteiger partial charge in [-0.15, -0.1) is 0 Å². The van der Waals surface area contributed by atoms with Crippen LogP contribution in [-0.2, 0) is 23.2 Å². The number of carbonyl (C=O) groups excluding carboxylic acids is 1. The van der Waals surface area contributed by atoms with Crippen molar-refractivity contribution in [2.75, 3.05) is 13.2 Å². The number of unbranched alkanes of at least 4 members (excludes halogenated alkanes) is 1. The summed E-state index contributed by atoms with van der Waals surface area (Å²) in [5, 5.41) is 3.06. The van der Waals surface area contributed by atoms with Crippen molar-refractivity contribution in [3.05, 3.63) is 59.9 Å². The van der Waals surface area contributed by atoms with Crippen LogP contribution in [0.4, 0.5) is 0 Å². The molecule has 1 fully saturated rings. The highest BCUT2D eigenvalue weighted by Crippen LogP contribution is 2.28. The van der Waals surface area contributed by atoms with Crippen LogP contribution in [0.15, 0.2) is 48.5 Å². The van der Waals surface area contributed by atoms with Crippen LogP contribution in [0.25, 0.3) is 11.0 Å². The predicted molar refractivity (Wildman–Crippen MR) is 134 cm³/mol. The van der Waals surface area contributed by atoms with Crippen LogP contribution in [0.2, 0.25) is 0 Å². The molecule has 176 valence electrons. The minimum Gasteiger partial charge on any atom is -0.494 e. The molecule has 3 aromatic rings. The van der Waals surface area contributed by atoms with Crippen molar-refractivity contribution >= 4 is 16.9 Å². The monoisotopic (exact) mass is 447 g/mol. The molecular weight excluding hydrogens is 410 g/mol. The maximum atomic E-state index is 11.8. The highest BCUT2D eigenvalue weighted by molar-refractivity contribution is 5.80. The minimum absolute atomic E-state index is 0.159. The van der Waals surface area contributed by atoms with E-state index in [2.05, 4.69) is 73.1 Å². The summed E-state index contributed by atoms with van der Waals surface area (Å²) in [4.78, 5) is 16.7. The number of imidazole rings is 1. The lowest BCUT2D eigenvalue weighted by molar-refractivity contribution is -0.122. The maximum absolute atomic E-state index is 11.8. The number of benzene rings is 2. The molecule has 0 unspecified atom stereocenters. The number of hydrogen-bond acceptors (Lipinski definition) is 3. The Morgan fingerprint density at radius 3 is 2.55 bits per heavy atom. The molecule has 0 saturated heterocycles. The Bertz CT molecular complexity index is 1060. The second kappa shape index (κ2) is 10.4. The smallest absolute Gasteiger partial charge is 0.223 e. The van der Waals surface area contributed by atoms with E-state index in [4.69, 9.17) is 9.72 Å². The number of amides is 1. The van der Waals surface area contributed by atoms with Gasteiger partial charge in [-0.1, -0.05) is 45.0 Å². The molecule has 4 rings (SSSR count). The summed E-state index contributed by atoms with van der Waals surface area (Å²) >= 11 is 0. The number of nitrogens with one attached hydrogen (secondary N) is 1. The summed E-state index contributed by atoms with van der Waals surface area (Å²) in [5.74, 6) is 2.53. The van der Waals surface area contributed by atoms with Gasteiger partial charge in [0.2, 0.25) is 5.91 Å². The van der Waals surface area contributed by atoms with Gasteiger partial charge in [0.25, 0.3) is 0 Å². The second-order valence-corrected chi connectivity index (χ2v) is 10.2. The van der Waals surface area contributed by atoms with Crippen LogP contribution in [-0.4, -0.2) is 28.6 Å². The first-order valence-corrected chi connectivity index (χ1v) is 12.4. The SMILES string of the molecule is CC(C)(C)c1ccc(OCCCCn2c(CCCNC(=O)C3CC3)nc3ccccc32)cc1. The van der Waals surface area contributed by atoms with Gasteiger partial charge in [-0.25, -0.2) is 4.98 Å². The predicted octanol–water partition coefficient (Wildman–Crippen LogP) is 5.65. The average Bonchev–Trinajstić information content (AvgIpc) is 3.59. The molecule has 0 spiro atoms. The maximum Gasteiger partial charge on any atom is 0.223 e. The molecule has 1 N–H and O–H groups in total. The van der Waals surface area contributed by atoms with Gasteiger partial charge in [0.15, 0.2) is 0 Å². The fourth-order valence-corrected chi connectivity index (χ4v) is 4.13. The molecule has 1 aromatic heterocycles. The van der Waals surface area contributed by atoms with Crippen LogP contribution in [0.1, 0.15) is 64.3 Å². The number of carbonyl (C=O) groups is 1. The zero-order chi connectivity index (χ0) is 23.3. The third-order valence-electron chi connectivity index (χ3n) is 6.32. The number of ether oxygens (including phenoxy) is 1. The zero-order valence-corrected chi connectivity index (χ0v) is 20.3. The molecule has 1 heterocycles. The quantitative estimate of drug-likeness (QED) is 0.386. The zero-order valence-electron chi connectivity index (χ0n) is 20.3. The largest absolute Gasteiger partial charge is 0.494 e. The Balaban J connectivity index is 1.26. The van der Waals surface area contributed by atoms with Gasteiger partial charge in [-0.05, 0) is 67.3 Å². The summed E-state index contributed by atoms with van der Waals surface area (Å²) in [7, 11) is 0. The first kappa shape index (κ1) is 23.3. The molecule has 1 saturated carbocycles. The van der Waals surface area contributed by atoms with Crippen LogP contribution in [0, 0.1) is 5.92 Å². The highest BCUT2D eigenvalue weighted by Gasteiger charge is 2.29. The van der Waals surface area contributed by atoms with E-state index in [1.54, 1.807) is 0 Å². The van der Waals surface area contributed by atoms with Crippen molar-refractivity contribution in [3.63, 3.8) is 0 Å². The first-order valence-electron chi connectivity index (χ1n) is 12.4. The topological polar surface area (TPSA) is 56.1 Å². The van der Waals surface area contributed by atoms with E-state index in [0.717, 1.165) is 68.7 Å². The van der Waals surface area contributed by atoms with Crippen LogP contribution in [0.3, 0.4) is 0 Å². The van der Waals surface area contributed by atoms with E-state index in [1.807, 2.05) is 6.07 Å². The van der Waals surface area contributed by atoms with E-state index in [9.17, 15) is 4.79 Å². The van der Waals surface area contributed by atoms with Crippen molar-refractivity contribution in [2.45, 2.75) is 71.3 Å². The van der Waals surface area contributed by atoms with Gasteiger partial charge in [-0.2, -0.15) is 0 Å². The lowest BCUT2D eigenvalue weighted by Crippen LogP contribution is -2.26. The molecule has 5 nitrogen and oxygen atoms in total. The highest BCUT2D eigenvalue weighted by atomic mass is 16.5. The third kappa shape index (κ3) is 6.37. The molecule has 1 amide bonds. The number of fused-ring (bicyclic) bond motifs is 1. The Hall–Kier alpha value is -2.82. The van der Waals surface area contributed by atoms with E-state index >= 15 is 0 Å². The van der Waals surface area contributed by atoms with Crippen LogP contribution >= 0.6 is 0 Å². The van der Waals surface area contributed by atoms with Gasteiger partial charge in [0, 0.05) is 25.4 Å². The average molecular weight is 448 g/mol. The fraction of sp³-hybridized carbons (Fsp3) is 0.500. The number of aromatic nitrogens is 2. The molecule has 0 bridgehead atoms. The summed E-state index contributed by atoms with van der Waals surface area (Å²) in [6.07, 6.45) is 5.91. The number of para-hydroxylation sites is 2. The van der Waals surface area contributed by atoms with Gasteiger partial charge in [0.1, 0.15) is 11.6 Å². The Morgan fingerprint density at radius 1 is 1.06 bits per heavy atom. The minimum atomic E-state index is 0.159. The summed E-state index contributed by atoms with van der Waals surface area (Å²) in [6, 6.07) is 16.8. The van der Waals surface area contributed by atoms with Crippen molar-refractivity contribution in [1.29, 1.82) is 0 Å². The van der Waals surface area contributed by atoms with E-state index in [1.165, 1.54) is 11.1 Å². The molecule has 0 aliphatic heterocycles. The molecule has 5 heteroatoms. The molecule has 2 aromatic carbocycles. The Morgan fingerprint density at radius 2 is 1.82 bits per heavy atom. The molecule has 0 atom stereocenters. The van der Waals surface area contributed by atoms with Crippen molar-refractivity contribution < 1.29 is 9.53 Å². The third-order valence-corrected chi connectivity index (χ3v) is 6.32. The molecule has 1 aliphatic rings. The van der Waals surface area contributed by atoms with E-state index in [-0.39, 0.29) is 17.2 Å². The van der Waals surface area contributed by atoms with Crippen LogP contribution < -0.4 is 10.1 Å². The number of aryl methyl sites for hydroxylation is 2. The second-order valence-electron chi connectivity index (χ2n) is 10.2. The molecule has 1 aliphatic carbocycles. The lowest BCUT2D eigenvalue weighted by atomic mass is 9.87. The normalized spacial score (nSPS) is 13.9. The van der Waals surface area contributed by atoms with E-state index in [0.29, 0.717) is 6.61 Å². The van der Waals surface area contributed by atoms with E-state index < -0.39 is 0 Å². The fourth-order valence-electron chi connectivity index (χ4n) is 4.13. The molecular formula is C28H37N3O2. The van der Waals surface area contributed by atoms with Crippen molar-refractivity contribution in [2.24, 2.45) is 5.92 Å². The van der Waals surface area contributed by atoms with Gasteiger partial charge in [0.05, 0.1) is 17.6 Å². The van der Waals surface area contributed by atoms with Gasteiger partial charge >= 0.3 is 0 Å². The lowest BCUT2D eigenvalue weighted by Gasteiger charge is -2.19. The number of nitrogens with zero attached hydrogens (tertiary/aromatic N) is 2. The Kier molecular flexibility index (Phi) is 7.36.